The van der Waals surface area contributed by atoms with Crippen molar-refractivity contribution in [3.05, 3.63) is 41.7 Å². The normalized spacial score (nSPS) is 20.7. The minimum atomic E-state index is -0.221. The van der Waals surface area contributed by atoms with Crippen molar-refractivity contribution in [2.75, 3.05) is 38.6 Å². The Hall–Kier alpha value is -2.58. The number of aryl methyl sites for hydroxylation is 1. The van der Waals surface area contributed by atoms with Gasteiger partial charge in [-0.1, -0.05) is 0 Å². The molecule has 2 N–H and O–H groups in total. The molecule has 2 saturated heterocycles. The summed E-state index contributed by atoms with van der Waals surface area (Å²) in [7, 11) is 3.43. The smallest absolute Gasteiger partial charge is 0.253 e. The number of methoxy groups -OCH3 is 1. The van der Waals surface area contributed by atoms with Crippen LogP contribution in [0.15, 0.2) is 30.6 Å². The van der Waals surface area contributed by atoms with Gasteiger partial charge in [-0.25, -0.2) is 0 Å². The first-order chi connectivity index (χ1) is 14.1. The van der Waals surface area contributed by atoms with Crippen molar-refractivity contribution in [2.45, 2.75) is 18.8 Å². The van der Waals surface area contributed by atoms with Crippen molar-refractivity contribution >= 4 is 29.9 Å². The maximum atomic E-state index is 13.1. The number of amides is 2. The van der Waals surface area contributed by atoms with E-state index < -0.39 is 0 Å². The quantitative estimate of drug-likeness (QED) is 0.753. The Balaban J connectivity index is 0.00000256. The summed E-state index contributed by atoms with van der Waals surface area (Å²) in [5, 5.41) is 10.5. The highest BCUT2D eigenvalue weighted by atomic mass is 35.5. The van der Waals surface area contributed by atoms with Crippen molar-refractivity contribution < 1.29 is 14.3 Å². The molecule has 162 valence electrons. The second-order valence-corrected chi connectivity index (χ2v) is 7.72. The van der Waals surface area contributed by atoms with Gasteiger partial charge in [0.2, 0.25) is 5.91 Å². The van der Waals surface area contributed by atoms with E-state index >= 15 is 0 Å². The average Bonchev–Trinajstić information content (AvgIpc) is 3.48. The Morgan fingerprint density at radius 3 is 2.67 bits per heavy atom. The number of hydrogen-bond acceptors (Lipinski definition) is 5. The maximum Gasteiger partial charge on any atom is 0.253 e. The average molecular weight is 434 g/mol. The molecule has 9 heteroatoms. The van der Waals surface area contributed by atoms with E-state index in [9.17, 15) is 9.59 Å². The van der Waals surface area contributed by atoms with Gasteiger partial charge >= 0.3 is 0 Å². The monoisotopic (exact) mass is 433 g/mol. The molecule has 8 nitrogen and oxygen atoms in total. The molecular formula is C21H28ClN5O3. The summed E-state index contributed by atoms with van der Waals surface area (Å²) < 4.78 is 7.16. The van der Waals surface area contributed by atoms with E-state index in [0.29, 0.717) is 23.5 Å². The standard InChI is InChI=1S/C21H27N5O3.ClH/c1-25-13-15(10-23-25)16-11-22-12-17(16)20(27)24-18-9-14(5-6-19(18)29-2)21(28)26-7-3-4-8-26;/h5-6,9-10,13,16-17,22H,3-4,7-8,11-12H2,1-2H3,(H,24,27);1H/t16-,17+;/m1./s1. The van der Waals surface area contributed by atoms with Crippen molar-refractivity contribution in [3.8, 4) is 5.75 Å². The highest BCUT2D eigenvalue weighted by molar-refractivity contribution is 5.99. The van der Waals surface area contributed by atoms with Gasteiger partial charge in [0.05, 0.1) is 24.9 Å². The molecule has 4 rings (SSSR count). The van der Waals surface area contributed by atoms with Gasteiger partial charge in [0.25, 0.3) is 5.91 Å². The zero-order valence-corrected chi connectivity index (χ0v) is 18.1. The number of ether oxygens (including phenoxy) is 1. The third-order valence-electron chi connectivity index (χ3n) is 5.80. The van der Waals surface area contributed by atoms with Crippen molar-refractivity contribution in [3.63, 3.8) is 0 Å². The van der Waals surface area contributed by atoms with E-state index in [4.69, 9.17) is 4.74 Å². The lowest BCUT2D eigenvalue weighted by Crippen LogP contribution is -2.29. The molecule has 0 aliphatic carbocycles. The molecule has 3 heterocycles. The number of nitrogens with one attached hydrogen (secondary N) is 2. The van der Waals surface area contributed by atoms with Gasteiger partial charge in [0.1, 0.15) is 5.75 Å². The minimum absolute atomic E-state index is 0. The molecule has 30 heavy (non-hydrogen) atoms. The minimum Gasteiger partial charge on any atom is -0.495 e. The Labute approximate surface area is 182 Å². The van der Waals surface area contributed by atoms with Gasteiger partial charge in [-0.05, 0) is 36.6 Å². The fourth-order valence-electron chi connectivity index (χ4n) is 4.20. The highest BCUT2D eigenvalue weighted by Crippen LogP contribution is 2.31. The first-order valence-corrected chi connectivity index (χ1v) is 10.0. The number of aromatic nitrogens is 2. The van der Waals surface area contributed by atoms with Crippen molar-refractivity contribution in [1.29, 1.82) is 0 Å². The van der Waals surface area contributed by atoms with Crippen LogP contribution in [0, 0.1) is 5.92 Å². The number of likely N-dealkylation sites (tertiary alicyclic amines) is 1. The van der Waals surface area contributed by atoms with Crippen LogP contribution in [0.1, 0.15) is 34.7 Å². The maximum absolute atomic E-state index is 13.1. The lowest BCUT2D eigenvalue weighted by Gasteiger charge is -2.20. The van der Waals surface area contributed by atoms with Crippen LogP contribution < -0.4 is 15.4 Å². The largest absolute Gasteiger partial charge is 0.495 e. The molecule has 0 spiro atoms. The molecule has 0 bridgehead atoms. The Kier molecular flexibility index (Phi) is 6.99. The summed E-state index contributed by atoms with van der Waals surface area (Å²) in [5.74, 6) is 0.288. The molecule has 2 aromatic rings. The van der Waals surface area contributed by atoms with Gasteiger partial charge in [-0.15, -0.1) is 12.4 Å². The zero-order valence-electron chi connectivity index (χ0n) is 17.3. The number of hydrogen-bond donors (Lipinski definition) is 2. The topological polar surface area (TPSA) is 88.5 Å². The molecule has 0 unspecified atom stereocenters. The van der Waals surface area contributed by atoms with Crippen molar-refractivity contribution in [2.24, 2.45) is 13.0 Å². The second-order valence-electron chi connectivity index (χ2n) is 7.72. The molecule has 2 fully saturated rings. The number of anilines is 1. The first kappa shape index (κ1) is 22.1. The lowest BCUT2D eigenvalue weighted by atomic mass is 9.90. The number of carbonyl (C=O) groups is 2. The Morgan fingerprint density at radius 1 is 1.23 bits per heavy atom. The van der Waals surface area contributed by atoms with Crippen LogP contribution in [0.2, 0.25) is 0 Å². The van der Waals surface area contributed by atoms with Crippen LogP contribution in [-0.2, 0) is 11.8 Å². The van der Waals surface area contributed by atoms with Gasteiger partial charge in [-0.2, -0.15) is 5.10 Å². The van der Waals surface area contributed by atoms with E-state index in [2.05, 4.69) is 15.7 Å². The summed E-state index contributed by atoms with van der Waals surface area (Å²) in [6.07, 6.45) is 5.84. The summed E-state index contributed by atoms with van der Waals surface area (Å²) in [6, 6.07) is 5.22. The molecule has 2 amide bonds. The predicted octanol–water partition coefficient (Wildman–Crippen LogP) is 2.03. The fraction of sp³-hybridized carbons (Fsp3) is 0.476. The molecule has 1 aromatic heterocycles. The molecule has 2 aliphatic heterocycles. The van der Waals surface area contributed by atoms with Crippen LogP contribution in [0.4, 0.5) is 5.69 Å². The summed E-state index contributed by atoms with van der Waals surface area (Å²) in [5.41, 5.74) is 2.14. The molecule has 2 aliphatic rings. The highest BCUT2D eigenvalue weighted by Gasteiger charge is 2.35. The van der Waals surface area contributed by atoms with Gasteiger partial charge in [0, 0.05) is 50.9 Å². The molecular weight excluding hydrogens is 406 g/mol. The number of rotatable bonds is 5. The van der Waals surface area contributed by atoms with Crippen molar-refractivity contribution in [1.82, 2.24) is 20.0 Å². The molecule has 0 radical (unpaired) electrons. The number of carbonyl (C=O) groups excluding carboxylic acids is 2. The van der Waals surface area contributed by atoms with E-state index in [1.54, 1.807) is 30.0 Å². The van der Waals surface area contributed by atoms with Crippen LogP contribution in [0.3, 0.4) is 0 Å². The number of nitrogens with zero attached hydrogens (tertiary/aromatic N) is 3. The third-order valence-corrected chi connectivity index (χ3v) is 5.80. The third kappa shape index (κ3) is 4.44. The first-order valence-electron chi connectivity index (χ1n) is 10.0. The zero-order chi connectivity index (χ0) is 20.4. The molecule has 2 atom stereocenters. The van der Waals surface area contributed by atoms with Crippen LogP contribution in [0.5, 0.6) is 5.75 Å². The predicted molar refractivity (Wildman–Crippen MR) is 116 cm³/mol. The van der Waals surface area contributed by atoms with Gasteiger partial charge in [-0.3, -0.25) is 14.3 Å². The number of halogens is 1. The molecule has 0 saturated carbocycles. The fourth-order valence-corrected chi connectivity index (χ4v) is 4.20. The van der Waals surface area contributed by atoms with Crippen LogP contribution in [-0.4, -0.2) is 59.8 Å². The molecule has 1 aromatic carbocycles. The van der Waals surface area contributed by atoms with E-state index in [1.807, 2.05) is 24.3 Å². The van der Waals surface area contributed by atoms with Gasteiger partial charge in [0.15, 0.2) is 0 Å². The summed E-state index contributed by atoms with van der Waals surface area (Å²) >= 11 is 0. The Morgan fingerprint density at radius 2 is 2.00 bits per heavy atom. The summed E-state index contributed by atoms with van der Waals surface area (Å²) in [6.45, 7) is 2.90. The van der Waals surface area contributed by atoms with E-state index in [-0.39, 0.29) is 36.1 Å². The SMILES string of the molecule is COc1ccc(C(=O)N2CCCC2)cc1NC(=O)[C@H]1CNC[C@@H]1c1cnn(C)c1.Cl. The van der Waals surface area contributed by atoms with Crippen LogP contribution in [0.25, 0.3) is 0 Å². The summed E-state index contributed by atoms with van der Waals surface area (Å²) in [4.78, 5) is 27.7. The number of benzene rings is 1. The van der Waals surface area contributed by atoms with Crippen LogP contribution >= 0.6 is 12.4 Å². The Bertz CT molecular complexity index is 910. The van der Waals surface area contributed by atoms with E-state index in [1.165, 1.54) is 0 Å². The second kappa shape index (κ2) is 9.49. The van der Waals surface area contributed by atoms with E-state index in [0.717, 1.165) is 38.0 Å². The lowest BCUT2D eigenvalue weighted by molar-refractivity contribution is -0.119. The van der Waals surface area contributed by atoms with Gasteiger partial charge < -0.3 is 20.3 Å².